The van der Waals surface area contributed by atoms with Crippen LogP contribution in [0, 0.1) is 0 Å². The van der Waals surface area contributed by atoms with Crippen LogP contribution in [-0.4, -0.2) is 16.6 Å². The average molecular weight is 298 g/mol. The largest absolute Gasteiger partial charge is 0.476 e. The summed E-state index contributed by atoms with van der Waals surface area (Å²) in [6, 6.07) is 4.54. The highest BCUT2D eigenvalue weighted by molar-refractivity contribution is 5.72. The third kappa shape index (κ3) is 3.53. The molecule has 3 N–H and O–H groups in total. The van der Waals surface area contributed by atoms with E-state index in [2.05, 4.69) is 15.3 Å². The number of nitrogens with one attached hydrogen (secondary N) is 1. The van der Waals surface area contributed by atoms with E-state index in [-0.39, 0.29) is 17.4 Å². The summed E-state index contributed by atoms with van der Waals surface area (Å²) < 4.78 is 42.6. The lowest BCUT2D eigenvalue weighted by Gasteiger charge is -2.12. The molecule has 2 aromatic rings. The first-order valence-corrected chi connectivity index (χ1v) is 6.09. The molecule has 0 aliphatic rings. The Morgan fingerprint density at radius 2 is 1.86 bits per heavy atom. The molecule has 0 atom stereocenters. The van der Waals surface area contributed by atoms with Gasteiger partial charge in [-0.2, -0.15) is 18.2 Å². The van der Waals surface area contributed by atoms with E-state index in [0.29, 0.717) is 12.3 Å². The number of nitrogen functional groups attached to an aromatic ring is 1. The highest BCUT2D eigenvalue weighted by Crippen LogP contribution is 2.31. The number of hydrogen-bond acceptors (Lipinski definition) is 5. The van der Waals surface area contributed by atoms with Crippen LogP contribution in [0.25, 0.3) is 0 Å². The molecule has 1 heterocycles. The van der Waals surface area contributed by atoms with Gasteiger partial charge in [0.25, 0.3) is 0 Å². The van der Waals surface area contributed by atoms with Crippen molar-refractivity contribution in [2.24, 2.45) is 0 Å². The number of nitrogens with zero attached hydrogens (tertiary/aromatic N) is 2. The van der Waals surface area contributed by atoms with Crippen molar-refractivity contribution in [3.63, 3.8) is 0 Å². The molecule has 0 saturated carbocycles. The normalized spacial score (nSPS) is 11.2. The second-order valence-electron chi connectivity index (χ2n) is 4.07. The highest BCUT2D eigenvalue weighted by atomic mass is 19.4. The van der Waals surface area contributed by atoms with E-state index in [1.165, 1.54) is 18.5 Å². The molecule has 21 heavy (non-hydrogen) atoms. The number of ether oxygens (including phenoxy) is 1. The Balaban J connectivity index is 2.20. The van der Waals surface area contributed by atoms with E-state index in [4.69, 9.17) is 10.5 Å². The summed E-state index contributed by atoms with van der Waals surface area (Å²) in [5.41, 5.74) is 5.72. The Kier molecular flexibility index (Phi) is 4.15. The van der Waals surface area contributed by atoms with Crippen LogP contribution in [0.15, 0.2) is 30.6 Å². The molecule has 5 nitrogen and oxygen atoms in total. The quantitative estimate of drug-likeness (QED) is 0.906. The Morgan fingerprint density at radius 3 is 2.43 bits per heavy atom. The minimum Gasteiger partial charge on any atom is -0.476 e. The fourth-order valence-electron chi connectivity index (χ4n) is 1.61. The molecule has 1 aromatic carbocycles. The van der Waals surface area contributed by atoms with Gasteiger partial charge < -0.3 is 15.8 Å². The molecule has 0 aliphatic carbocycles. The van der Waals surface area contributed by atoms with Gasteiger partial charge in [0.1, 0.15) is 12.0 Å². The Hall–Kier alpha value is -2.51. The minimum absolute atomic E-state index is 0.194. The maximum atomic E-state index is 12.5. The molecule has 0 aliphatic heterocycles. The van der Waals surface area contributed by atoms with Crippen molar-refractivity contribution < 1.29 is 17.9 Å². The molecule has 8 heteroatoms. The maximum Gasteiger partial charge on any atom is 0.416 e. The molecule has 112 valence electrons. The summed E-state index contributed by atoms with van der Waals surface area (Å²) in [7, 11) is 0. The van der Waals surface area contributed by atoms with Crippen molar-refractivity contribution in [3.8, 4) is 5.88 Å². The predicted molar refractivity (Wildman–Crippen MR) is 72.3 cm³/mol. The SMILES string of the molecule is CCOc1ncnc(Nc2ccc(C(F)(F)F)cc2)c1N. The zero-order chi connectivity index (χ0) is 15.5. The van der Waals surface area contributed by atoms with E-state index in [9.17, 15) is 13.2 Å². The van der Waals surface area contributed by atoms with Crippen molar-refractivity contribution >= 4 is 17.2 Å². The molecule has 2 rings (SSSR count). The van der Waals surface area contributed by atoms with Gasteiger partial charge in [-0.1, -0.05) is 0 Å². The summed E-state index contributed by atoms with van der Waals surface area (Å²) in [4.78, 5) is 7.81. The van der Waals surface area contributed by atoms with Gasteiger partial charge in [0.15, 0.2) is 5.82 Å². The van der Waals surface area contributed by atoms with Crippen LogP contribution < -0.4 is 15.8 Å². The van der Waals surface area contributed by atoms with Crippen molar-refractivity contribution in [1.82, 2.24) is 9.97 Å². The number of anilines is 3. The third-order valence-electron chi connectivity index (χ3n) is 2.60. The Bertz CT molecular complexity index is 614. The van der Waals surface area contributed by atoms with E-state index in [1.54, 1.807) is 6.92 Å². The molecule has 1 aromatic heterocycles. The molecular formula is C13H13F3N4O. The van der Waals surface area contributed by atoms with Gasteiger partial charge in [-0.05, 0) is 31.2 Å². The van der Waals surface area contributed by atoms with Gasteiger partial charge >= 0.3 is 6.18 Å². The molecular weight excluding hydrogens is 285 g/mol. The second-order valence-corrected chi connectivity index (χ2v) is 4.07. The first-order chi connectivity index (χ1) is 9.91. The summed E-state index contributed by atoms with van der Waals surface area (Å²) in [5, 5.41) is 2.83. The molecule has 0 amide bonds. The second kappa shape index (κ2) is 5.86. The van der Waals surface area contributed by atoms with E-state index < -0.39 is 11.7 Å². The lowest BCUT2D eigenvalue weighted by molar-refractivity contribution is -0.137. The van der Waals surface area contributed by atoms with Crippen molar-refractivity contribution in [2.75, 3.05) is 17.7 Å². The van der Waals surface area contributed by atoms with Gasteiger partial charge in [-0.3, -0.25) is 0 Å². The van der Waals surface area contributed by atoms with Crippen LogP contribution in [0.2, 0.25) is 0 Å². The van der Waals surface area contributed by atoms with Crippen LogP contribution in [0.5, 0.6) is 5.88 Å². The summed E-state index contributed by atoms with van der Waals surface area (Å²) in [5.74, 6) is 0.495. The molecule has 0 fully saturated rings. The fraction of sp³-hybridized carbons (Fsp3) is 0.231. The van der Waals surface area contributed by atoms with Crippen molar-refractivity contribution in [2.45, 2.75) is 13.1 Å². The standard InChI is InChI=1S/C13H13F3N4O/c1-2-21-12-10(17)11(18-7-19-12)20-9-5-3-8(4-6-9)13(14,15)16/h3-7H,2,17H2,1H3,(H,18,19,20). The first-order valence-electron chi connectivity index (χ1n) is 6.09. The van der Waals surface area contributed by atoms with Crippen molar-refractivity contribution in [1.29, 1.82) is 0 Å². The summed E-state index contributed by atoms with van der Waals surface area (Å²) in [6.45, 7) is 2.17. The lowest BCUT2D eigenvalue weighted by atomic mass is 10.2. The molecule has 0 saturated heterocycles. The monoisotopic (exact) mass is 298 g/mol. The van der Waals surface area contributed by atoms with Crippen LogP contribution in [-0.2, 0) is 6.18 Å². The van der Waals surface area contributed by atoms with Gasteiger partial charge in [0.05, 0.1) is 12.2 Å². The Morgan fingerprint density at radius 1 is 1.19 bits per heavy atom. The van der Waals surface area contributed by atoms with Crippen LogP contribution >= 0.6 is 0 Å². The number of nitrogens with two attached hydrogens (primary N) is 1. The smallest absolute Gasteiger partial charge is 0.416 e. The van der Waals surface area contributed by atoms with Crippen molar-refractivity contribution in [3.05, 3.63) is 36.2 Å². The molecule has 0 radical (unpaired) electrons. The van der Waals surface area contributed by atoms with Gasteiger partial charge in [0.2, 0.25) is 5.88 Å². The Labute approximate surface area is 119 Å². The number of alkyl halides is 3. The zero-order valence-corrected chi connectivity index (χ0v) is 11.1. The number of benzene rings is 1. The number of rotatable bonds is 4. The molecule has 0 bridgehead atoms. The maximum absolute atomic E-state index is 12.5. The van der Waals surface area contributed by atoms with Crippen LogP contribution in [0.3, 0.4) is 0 Å². The van der Waals surface area contributed by atoms with Gasteiger partial charge in [0, 0.05) is 5.69 Å². The number of hydrogen-bond donors (Lipinski definition) is 2. The molecule has 0 spiro atoms. The highest BCUT2D eigenvalue weighted by Gasteiger charge is 2.29. The molecule has 0 unspecified atom stereocenters. The third-order valence-corrected chi connectivity index (χ3v) is 2.60. The summed E-state index contributed by atoms with van der Waals surface area (Å²) >= 11 is 0. The van der Waals surface area contributed by atoms with E-state index in [0.717, 1.165) is 12.1 Å². The zero-order valence-electron chi connectivity index (χ0n) is 11.1. The van der Waals surface area contributed by atoms with Crippen LogP contribution in [0.4, 0.5) is 30.4 Å². The topological polar surface area (TPSA) is 73.1 Å². The van der Waals surface area contributed by atoms with Gasteiger partial charge in [-0.25, -0.2) is 4.98 Å². The van der Waals surface area contributed by atoms with E-state index in [1.807, 2.05) is 0 Å². The fourth-order valence-corrected chi connectivity index (χ4v) is 1.61. The minimum atomic E-state index is -4.37. The summed E-state index contributed by atoms with van der Waals surface area (Å²) in [6.07, 6.45) is -3.11. The number of aromatic nitrogens is 2. The van der Waals surface area contributed by atoms with Crippen LogP contribution in [0.1, 0.15) is 12.5 Å². The number of halogens is 3. The predicted octanol–water partition coefficient (Wildman–Crippen LogP) is 3.22. The van der Waals surface area contributed by atoms with Gasteiger partial charge in [-0.15, -0.1) is 0 Å². The van der Waals surface area contributed by atoms with E-state index >= 15 is 0 Å². The first kappa shape index (κ1) is 14.9. The lowest BCUT2D eigenvalue weighted by Crippen LogP contribution is -2.06. The average Bonchev–Trinajstić information content (AvgIpc) is 2.43.